The minimum Gasteiger partial charge on any atom is -0.309 e. The first-order valence-electron chi connectivity index (χ1n) is 9.62. The standard InChI is InChI=1S/C22H22N4O2S/c1-4-14(3)26-21(28)15-9-5-6-11-17(15)23-22(26)29-12-18-24-19-13(2)8-7-10-16(19)20(27)25-18/h5-11,14H,4,12H2,1-3H3,(H,24,25,27)/t14-/m0/s1. The lowest BCUT2D eigenvalue weighted by Gasteiger charge is -2.18. The highest BCUT2D eigenvalue weighted by Gasteiger charge is 2.16. The summed E-state index contributed by atoms with van der Waals surface area (Å²) in [5, 5.41) is 1.83. The average Bonchev–Trinajstić information content (AvgIpc) is 2.72. The van der Waals surface area contributed by atoms with E-state index in [0.29, 0.717) is 38.5 Å². The minimum atomic E-state index is -0.153. The number of aromatic amines is 1. The summed E-state index contributed by atoms with van der Waals surface area (Å²) in [6.07, 6.45) is 0.817. The Balaban J connectivity index is 1.77. The molecule has 0 amide bonds. The van der Waals surface area contributed by atoms with Crippen LogP contribution >= 0.6 is 11.8 Å². The summed E-state index contributed by atoms with van der Waals surface area (Å²) in [6, 6.07) is 13.0. The van der Waals surface area contributed by atoms with Crippen molar-refractivity contribution in [3.05, 3.63) is 74.6 Å². The summed E-state index contributed by atoms with van der Waals surface area (Å²) >= 11 is 1.42. The van der Waals surface area contributed by atoms with Gasteiger partial charge in [-0.05, 0) is 44.0 Å². The minimum absolute atomic E-state index is 0.0213. The molecule has 1 atom stereocenters. The van der Waals surface area contributed by atoms with Crippen LogP contribution in [0.4, 0.5) is 0 Å². The van der Waals surface area contributed by atoms with E-state index in [1.807, 2.05) is 57.2 Å². The normalized spacial score (nSPS) is 12.5. The number of benzene rings is 2. The maximum absolute atomic E-state index is 13.1. The fourth-order valence-electron chi connectivity index (χ4n) is 3.35. The maximum atomic E-state index is 13.1. The average molecular weight is 407 g/mol. The van der Waals surface area contributed by atoms with Crippen molar-refractivity contribution in [2.45, 2.75) is 44.1 Å². The van der Waals surface area contributed by atoms with Crippen LogP contribution in [0.25, 0.3) is 21.8 Å². The van der Waals surface area contributed by atoms with Gasteiger partial charge in [-0.1, -0.05) is 43.0 Å². The molecule has 2 heterocycles. The fraction of sp³-hybridized carbons (Fsp3) is 0.273. The fourth-order valence-corrected chi connectivity index (χ4v) is 4.32. The highest BCUT2D eigenvalue weighted by atomic mass is 32.2. The predicted octanol–water partition coefficient (Wildman–Crippen LogP) is 4.20. The van der Waals surface area contributed by atoms with E-state index in [4.69, 9.17) is 4.98 Å². The summed E-state index contributed by atoms with van der Waals surface area (Å²) in [6.45, 7) is 6.00. The SMILES string of the molecule is CC[C@H](C)n1c(SCc2nc3c(C)cccc3c(=O)[nH]2)nc2ccccc2c1=O. The van der Waals surface area contributed by atoms with E-state index in [1.54, 1.807) is 10.6 Å². The first kappa shape index (κ1) is 19.4. The zero-order chi connectivity index (χ0) is 20.5. The van der Waals surface area contributed by atoms with Crippen LogP contribution in [-0.4, -0.2) is 19.5 Å². The topological polar surface area (TPSA) is 80.6 Å². The number of nitrogens with one attached hydrogen (secondary N) is 1. The highest BCUT2D eigenvalue weighted by Crippen LogP contribution is 2.25. The van der Waals surface area contributed by atoms with Crippen molar-refractivity contribution in [2.24, 2.45) is 0 Å². The molecule has 0 unspecified atom stereocenters. The van der Waals surface area contributed by atoms with Gasteiger partial charge in [-0.15, -0.1) is 0 Å². The lowest BCUT2D eigenvalue weighted by atomic mass is 10.1. The van der Waals surface area contributed by atoms with Crippen molar-refractivity contribution in [1.29, 1.82) is 0 Å². The number of H-pyrrole nitrogens is 1. The second kappa shape index (κ2) is 7.83. The van der Waals surface area contributed by atoms with Crippen molar-refractivity contribution in [3.63, 3.8) is 0 Å². The lowest BCUT2D eigenvalue weighted by Crippen LogP contribution is -2.26. The quantitative estimate of drug-likeness (QED) is 0.397. The number of rotatable bonds is 5. The van der Waals surface area contributed by atoms with Gasteiger partial charge in [0.05, 0.1) is 27.6 Å². The highest BCUT2D eigenvalue weighted by molar-refractivity contribution is 7.98. The Kier molecular flexibility index (Phi) is 5.24. The van der Waals surface area contributed by atoms with Gasteiger partial charge in [-0.25, -0.2) is 9.97 Å². The van der Waals surface area contributed by atoms with Gasteiger partial charge in [0.25, 0.3) is 11.1 Å². The Hall–Kier alpha value is -2.93. The van der Waals surface area contributed by atoms with Gasteiger partial charge in [-0.2, -0.15) is 0 Å². The molecule has 2 aromatic carbocycles. The van der Waals surface area contributed by atoms with Gasteiger partial charge in [-0.3, -0.25) is 14.2 Å². The molecule has 4 rings (SSSR count). The lowest BCUT2D eigenvalue weighted by molar-refractivity contribution is 0.468. The van der Waals surface area contributed by atoms with Crippen molar-refractivity contribution >= 4 is 33.6 Å². The van der Waals surface area contributed by atoms with Crippen molar-refractivity contribution in [3.8, 4) is 0 Å². The van der Waals surface area contributed by atoms with Crippen LogP contribution in [0.5, 0.6) is 0 Å². The van der Waals surface area contributed by atoms with E-state index in [1.165, 1.54) is 11.8 Å². The molecule has 0 saturated carbocycles. The van der Waals surface area contributed by atoms with Crippen molar-refractivity contribution in [1.82, 2.24) is 19.5 Å². The summed E-state index contributed by atoms with van der Waals surface area (Å²) in [7, 11) is 0. The molecule has 7 heteroatoms. The van der Waals surface area contributed by atoms with E-state index in [-0.39, 0.29) is 17.2 Å². The third kappa shape index (κ3) is 3.58. The smallest absolute Gasteiger partial charge is 0.262 e. The third-order valence-electron chi connectivity index (χ3n) is 5.13. The van der Waals surface area contributed by atoms with Crippen LogP contribution in [0.2, 0.25) is 0 Å². The molecule has 6 nitrogen and oxygen atoms in total. The summed E-state index contributed by atoms with van der Waals surface area (Å²) < 4.78 is 1.75. The molecule has 0 fully saturated rings. The molecule has 2 aromatic heterocycles. The van der Waals surface area contributed by atoms with Crippen molar-refractivity contribution < 1.29 is 0 Å². The first-order valence-corrected chi connectivity index (χ1v) is 10.6. The molecule has 4 aromatic rings. The molecule has 29 heavy (non-hydrogen) atoms. The number of nitrogens with zero attached hydrogens (tertiary/aromatic N) is 3. The van der Waals surface area contributed by atoms with Gasteiger partial charge in [0, 0.05) is 6.04 Å². The third-order valence-corrected chi connectivity index (χ3v) is 6.10. The molecule has 0 saturated heterocycles. The van der Waals surface area contributed by atoms with E-state index in [9.17, 15) is 9.59 Å². The molecule has 1 N–H and O–H groups in total. The van der Waals surface area contributed by atoms with Gasteiger partial charge < -0.3 is 4.98 Å². The molecule has 0 aliphatic rings. The van der Waals surface area contributed by atoms with Crippen LogP contribution in [-0.2, 0) is 5.75 Å². The molecular formula is C22H22N4O2S. The predicted molar refractivity (Wildman–Crippen MR) is 118 cm³/mol. The largest absolute Gasteiger partial charge is 0.309 e. The Morgan fingerprint density at radius 3 is 2.62 bits per heavy atom. The Morgan fingerprint density at radius 2 is 1.83 bits per heavy atom. The number of fused-ring (bicyclic) bond motifs is 2. The molecule has 0 radical (unpaired) electrons. The molecule has 0 spiro atoms. The zero-order valence-electron chi connectivity index (χ0n) is 16.6. The number of aryl methyl sites for hydroxylation is 1. The number of aromatic nitrogens is 4. The monoisotopic (exact) mass is 406 g/mol. The molecule has 0 aliphatic carbocycles. The van der Waals surface area contributed by atoms with E-state index >= 15 is 0 Å². The van der Waals surface area contributed by atoms with Crippen LogP contribution < -0.4 is 11.1 Å². The zero-order valence-corrected chi connectivity index (χ0v) is 17.4. The first-order chi connectivity index (χ1) is 14.0. The summed E-state index contributed by atoms with van der Waals surface area (Å²) in [4.78, 5) is 37.7. The Morgan fingerprint density at radius 1 is 1.07 bits per heavy atom. The molecular weight excluding hydrogens is 384 g/mol. The second-order valence-corrected chi connectivity index (χ2v) is 8.06. The van der Waals surface area contributed by atoms with Crippen LogP contribution in [0, 0.1) is 6.92 Å². The van der Waals surface area contributed by atoms with E-state index < -0.39 is 0 Å². The van der Waals surface area contributed by atoms with Crippen LogP contribution in [0.1, 0.15) is 37.7 Å². The second-order valence-electron chi connectivity index (χ2n) is 7.12. The summed E-state index contributed by atoms with van der Waals surface area (Å²) in [5.74, 6) is 0.987. The van der Waals surface area contributed by atoms with Gasteiger partial charge in [0.2, 0.25) is 0 Å². The van der Waals surface area contributed by atoms with Gasteiger partial charge >= 0.3 is 0 Å². The summed E-state index contributed by atoms with van der Waals surface area (Å²) in [5.41, 5.74) is 2.15. The van der Waals surface area contributed by atoms with Crippen LogP contribution in [0.3, 0.4) is 0 Å². The number of thioether (sulfide) groups is 1. The number of para-hydroxylation sites is 2. The van der Waals surface area contributed by atoms with E-state index in [0.717, 1.165) is 12.0 Å². The van der Waals surface area contributed by atoms with Gasteiger partial charge in [0.1, 0.15) is 5.82 Å². The molecule has 0 aliphatic heterocycles. The Labute approximate surface area is 172 Å². The molecule has 0 bridgehead atoms. The Bertz CT molecular complexity index is 1330. The van der Waals surface area contributed by atoms with Crippen molar-refractivity contribution in [2.75, 3.05) is 0 Å². The number of hydrogen-bond donors (Lipinski definition) is 1. The van der Waals surface area contributed by atoms with Crippen LogP contribution in [0.15, 0.2) is 57.2 Å². The van der Waals surface area contributed by atoms with Gasteiger partial charge in [0.15, 0.2) is 5.16 Å². The molecule has 148 valence electrons. The maximum Gasteiger partial charge on any atom is 0.262 e. The van der Waals surface area contributed by atoms with E-state index in [2.05, 4.69) is 9.97 Å². The number of hydrogen-bond acceptors (Lipinski definition) is 5.